The Kier molecular flexibility index (Phi) is 4.77. The van der Waals surface area contributed by atoms with Crippen LogP contribution in [-0.4, -0.2) is 47.4 Å². The van der Waals surface area contributed by atoms with Gasteiger partial charge in [-0.2, -0.15) is 0 Å². The molecule has 0 saturated carbocycles. The molecule has 1 spiro atoms. The van der Waals surface area contributed by atoms with Gasteiger partial charge in [-0.3, -0.25) is 14.7 Å². The lowest BCUT2D eigenvalue weighted by atomic mass is 9.67. The maximum Gasteiger partial charge on any atom is 0.229 e. The summed E-state index contributed by atoms with van der Waals surface area (Å²) in [7, 11) is 1.97. The van der Waals surface area contributed by atoms with Gasteiger partial charge in [0.25, 0.3) is 0 Å². The van der Waals surface area contributed by atoms with Crippen LogP contribution in [0.5, 0.6) is 0 Å². The average Bonchev–Trinajstić information content (AvgIpc) is 2.68. The van der Waals surface area contributed by atoms with Crippen molar-refractivity contribution in [1.29, 1.82) is 0 Å². The standard InChI is InChI=1S/C22H27N3O/c1-24-17-22(15-20(21(24)26)19-5-3-2-4-6-19)9-13-25(14-10-22)16-18-7-11-23-12-8-18/h2-8,11-12,20H,9-10,13-17H2,1H3. The maximum atomic E-state index is 12.8. The lowest BCUT2D eigenvalue weighted by Gasteiger charge is -2.49. The van der Waals surface area contributed by atoms with E-state index in [1.165, 1.54) is 24.0 Å². The fraction of sp³-hybridized carbons (Fsp3) is 0.455. The minimum Gasteiger partial charge on any atom is -0.345 e. The second-order valence-electron chi connectivity index (χ2n) is 7.99. The van der Waals surface area contributed by atoms with E-state index in [-0.39, 0.29) is 17.2 Å². The van der Waals surface area contributed by atoms with Gasteiger partial charge in [0.2, 0.25) is 5.91 Å². The Balaban J connectivity index is 1.45. The van der Waals surface area contributed by atoms with Crippen molar-refractivity contribution in [2.45, 2.75) is 31.7 Å². The van der Waals surface area contributed by atoms with Crippen molar-refractivity contribution in [2.75, 3.05) is 26.7 Å². The van der Waals surface area contributed by atoms with E-state index in [1.807, 2.05) is 42.5 Å². The SMILES string of the molecule is CN1CC2(CCN(Cc3ccncc3)CC2)CC(c2ccccc2)C1=O. The van der Waals surface area contributed by atoms with Crippen LogP contribution in [0.4, 0.5) is 0 Å². The summed E-state index contributed by atoms with van der Waals surface area (Å²) in [5.41, 5.74) is 2.76. The zero-order chi connectivity index (χ0) is 18.0. The van der Waals surface area contributed by atoms with E-state index in [4.69, 9.17) is 0 Å². The lowest BCUT2D eigenvalue weighted by molar-refractivity contribution is -0.139. The molecule has 1 aromatic carbocycles. The summed E-state index contributed by atoms with van der Waals surface area (Å²) < 4.78 is 0. The van der Waals surface area contributed by atoms with Crippen LogP contribution in [0.15, 0.2) is 54.9 Å². The van der Waals surface area contributed by atoms with Crippen molar-refractivity contribution in [3.8, 4) is 0 Å². The Morgan fingerprint density at radius 3 is 2.46 bits per heavy atom. The lowest BCUT2D eigenvalue weighted by Crippen LogP contribution is -2.52. The van der Waals surface area contributed by atoms with E-state index >= 15 is 0 Å². The number of pyridine rings is 1. The van der Waals surface area contributed by atoms with Crippen LogP contribution in [0.1, 0.15) is 36.3 Å². The molecule has 1 atom stereocenters. The summed E-state index contributed by atoms with van der Waals surface area (Å²) in [4.78, 5) is 21.4. The molecule has 2 aliphatic rings. The van der Waals surface area contributed by atoms with Gasteiger partial charge in [-0.25, -0.2) is 0 Å². The van der Waals surface area contributed by atoms with Gasteiger partial charge in [0.15, 0.2) is 0 Å². The maximum absolute atomic E-state index is 12.8. The highest BCUT2D eigenvalue weighted by Crippen LogP contribution is 2.45. The van der Waals surface area contributed by atoms with Gasteiger partial charge in [-0.1, -0.05) is 30.3 Å². The summed E-state index contributed by atoms with van der Waals surface area (Å²) in [5.74, 6) is 0.294. The molecule has 2 saturated heterocycles. The molecule has 1 aromatic heterocycles. The van der Waals surface area contributed by atoms with E-state index in [2.05, 4.69) is 34.1 Å². The Bertz CT molecular complexity index is 738. The van der Waals surface area contributed by atoms with Crippen molar-refractivity contribution >= 4 is 5.91 Å². The summed E-state index contributed by atoms with van der Waals surface area (Å²) in [6.45, 7) is 4.10. The van der Waals surface area contributed by atoms with Crippen LogP contribution < -0.4 is 0 Å². The summed E-state index contributed by atoms with van der Waals surface area (Å²) in [5, 5.41) is 0. The number of hydrogen-bond acceptors (Lipinski definition) is 3. The topological polar surface area (TPSA) is 36.4 Å². The Morgan fingerprint density at radius 2 is 1.77 bits per heavy atom. The van der Waals surface area contributed by atoms with Gasteiger partial charge in [0.1, 0.15) is 0 Å². The third-order valence-electron chi connectivity index (χ3n) is 6.16. The monoisotopic (exact) mass is 349 g/mol. The van der Waals surface area contributed by atoms with Crippen LogP contribution >= 0.6 is 0 Å². The van der Waals surface area contributed by atoms with E-state index in [1.54, 1.807) is 0 Å². The molecule has 0 bridgehead atoms. The molecule has 0 aliphatic carbocycles. The number of likely N-dealkylation sites (N-methyl/N-ethyl adjacent to an activating group) is 1. The summed E-state index contributed by atoms with van der Waals surface area (Å²) in [6, 6.07) is 14.5. The highest BCUT2D eigenvalue weighted by Gasteiger charge is 2.44. The highest BCUT2D eigenvalue weighted by molar-refractivity contribution is 5.84. The zero-order valence-corrected chi connectivity index (χ0v) is 15.5. The van der Waals surface area contributed by atoms with Gasteiger partial charge < -0.3 is 4.90 Å². The number of piperidine rings is 2. The van der Waals surface area contributed by atoms with Crippen LogP contribution in [0, 0.1) is 5.41 Å². The van der Waals surface area contributed by atoms with E-state index in [0.717, 1.165) is 32.6 Å². The number of likely N-dealkylation sites (tertiary alicyclic amines) is 2. The number of rotatable bonds is 3. The second-order valence-corrected chi connectivity index (χ2v) is 7.99. The van der Waals surface area contributed by atoms with Crippen molar-refractivity contribution in [3.63, 3.8) is 0 Å². The molecule has 4 nitrogen and oxygen atoms in total. The predicted octanol–water partition coefficient (Wildman–Crippen LogP) is 3.31. The van der Waals surface area contributed by atoms with E-state index in [9.17, 15) is 4.79 Å². The van der Waals surface area contributed by atoms with Crippen molar-refractivity contribution in [3.05, 3.63) is 66.0 Å². The fourth-order valence-electron chi connectivity index (χ4n) is 4.67. The van der Waals surface area contributed by atoms with Crippen molar-refractivity contribution < 1.29 is 4.79 Å². The number of hydrogen-bond donors (Lipinski definition) is 0. The predicted molar refractivity (Wildman–Crippen MR) is 103 cm³/mol. The van der Waals surface area contributed by atoms with Gasteiger partial charge in [0.05, 0.1) is 5.92 Å². The third kappa shape index (κ3) is 3.51. The third-order valence-corrected chi connectivity index (χ3v) is 6.16. The molecule has 2 fully saturated rings. The summed E-state index contributed by atoms with van der Waals surface area (Å²) in [6.07, 6.45) is 7.06. The normalized spacial score (nSPS) is 23.3. The minimum absolute atomic E-state index is 0.0155. The quantitative estimate of drug-likeness (QED) is 0.853. The first-order chi connectivity index (χ1) is 12.7. The Labute approximate surface area is 155 Å². The number of amides is 1. The summed E-state index contributed by atoms with van der Waals surface area (Å²) >= 11 is 0. The van der Waals surface area contributed by atoms with Gasteiger partial charge in [-0.15, -0.1) is 0 Å². The van der Waals surface area contributed by atoms with E-state index < -0.39 is 0 Å². The number of carbonyl (C=O) groups is 1. The molecule has 136 valence electrons. The molecular formula is C22H27N3O. The largest absolute Gasteiger partial charge is 0.345 e. The van der Waals surface area contributed by atoms with Gasteiger partial charge in [-0.05, 0) is 61.0 Å². The van der Waals surface area contributed by atoms with Crippen molar-refractivity contribution in [2.24, 2.45) is 5.41 Å². The molecule has 4 rings (SSSR count). The van der Waals surface area contributed by atoms with Crippen molar-refractivity contribution in [1.82, 2.24) is 14.8 Å². The van der Waals surface area contributed by atoms with Crippen LogP contribution in [-0.2, 0) is 11.3 Å². The number of carbonyl (C=O) groups excluding carboxylic acids is 1. The highest BCUT2D eigenvalue weighted by atomic mass is 16.2. The molecule has 3 heterocycles. The smallest absolute Gasteiger partial charge is 0.229 e. The first-order valence-corrected chi connectivity index (χ1v) is 9.56. The minimum atomic E-state index is 0.0155. The van der Waals surface area contributed by atoms with Crippen LogP contribution in [0.3, 0.4) is 0 Å². The molecule has 1 amide bonds. The molecule has 0 radical (unpaired) electrons. The molecule has 2 aliphatic heterocycles. The first-order valence-electron chi connectivity index (χ1n) is 9.56. The number of benzene rings is 1. The van der Waals surface area contributed by atoms with Crippen LogP contribution in [0.2, 0.25) is 0 Å². The molecular weight excluding hydrogens is 322 g/mol. The van der Waals surface area contributed by atoms with Gasteiger partial charge in [0, 0.05) is 32.5 Å². The van der Waals surface area contributed by atoms with E-state index in [0.29, 0.717) is 0 Å². The fourth-order valence-corrected chi connectivity index (χ4v) is 4.67. The molecule has 2 aromatic rings. The molecule has 0 N–H and O–H groups in total. The second kappa shape index (κ2) is 7.20. The zero-order valence-electron chi connectivity index (χ0n) is 15.5. The first kappa shape index (κ1) is 17.2. The Hall–Kier alpha value is -2.20. The molecule has 4 heteroatoms. The van der Waals surface area contributed by atoms with Gasteiger partial charge >= 0.3 is 0 Å². The average molecular weight is 349 g/mol. The molecule has 26 heavy (non-hydrogen) atoms. The molecule has 1 unspecified atom stereocenters. The number of nitrogens with zero attached hydrogens (tertiary/aromatic N) is 3. The number of aromatic nitrogens is 1. The Morgan fingerprint density at radius 1 is 1.08 bits per heavy atom. The van der Waals surface area contributed by atoms with Crippen LogP contribution in [0.25, 0.3) is 0 Å².